The third kappa shape index (κ3) is 5.52. The van der Waals surface area contributed by atoms with E-state index in [9.17, 15) is 8.42 Å². The van der Waals surface area contributed by atoms with Crippen molar-refractivity contribution in [1.82, 2.24) is 10.0 Å². The van der Waals surface area contributed by atoms with Crippen LogP contribution in [-0.4, -0.2) is 45.3 Å². The molecule has 4 nitrogen and oxygen atoms in total. The van der Waals surface area contributed by atoms with Crippen LogP contribution in [0.2, 0.25) is 0 Å². The zero-order valence-electron chi connectivity index (χ0n) is 10.0. The maximum atomic E-state index is 11.8. The summed E-state index contributed by atoms with van der Waals surface area (Å²) < 4.78 is 26.2. The van der Waals surface area contributed by atoms with Crippen molar-refractivity contribution in [3.8, 4) is 0 Å². The molecule has 1 heterocycles. The van der Waals surface area contributed by atoms with Crippen molar-refractivity contribution in [2.24, 2.45) is 5.92 Å². The summed E-state index contributed by atoms with van der Waals surface area (Å²) in [6.45, 7) is 4.41. The van der Waals surface area contributed by atoms with E-state index in [0.717, 1.165) is 25.9 Å². The Morgan fingerprint density at radius 2 is 2.31 bits per heavy atom. The molecule has 6 heteroatoms. The van der Waals surface area contributed by atoms with Crippen LogP contribution in [0.4, 0.5) is 0 Å². The highest BCUT2D eigenvalue weighted by atomic mass is 32.2. The first-order chi connectivity index (χ1) is 7.53. The molecule has 2 N–H and O–H groups in total. The van der Waals surface area contributed by atoms with Gasteiger partial charge < -0.3 is 5.32 Å². The largest absolute Gasteiger partial charge is 0.316 e. The molecule has 0 aromatic heterocycles. The standard InChI is InChI=1S/C10H22N2O2S2/c1-9(15-2)6-12-16(13,14)8-10-4-3-5-11-7-10/h9-12H,3-8H2,1-2H3. The average molecular weight is 266 g/mol. The molecule has 0 bridgehead atoms. The van der Waals surface area contributed by atoms with Gasteiger partial charge in [0.25, 0.3) is 0 Å². The van der Waals surface area contributed by atoms with E-state index in [4.69, 9.17) is 0 Å². The summed E-state index contributed by atoms with van der Waals surface area (Å²) in [6.07, 6.45) is 4.09. The molecule has 0 radical (unpaired) electrons. The molecule has 0 aromatic carbocycles. The molecule has 0 aliphatic carbocycles. The van der Waals surface area contributed by atoms with Crippen molar-refractivity contribution in [2.75, 3.05) is 31.6 Å². The number of rotatable bonds is 6. The fourth-order valence-corrected chi connectivity index (χ4v) is 3.65. The van der Waals surface area contributed by atoms with Crippen molar-refractivity contribution >= 4 is 21.8 Å². The molecule has 1 aliphatic rings. The lowest BCUT2D eigenvalue weighted by Gasteiger charge is -2.22. The highest BCUT2D eigenvalue weighted by molar-refractivity contribution is 7.99. The maximum Gasteiger partial charge on any atom is 0.211 e. The van der Waals surface area contributed by atoms with E-state index < -0.39 is 10.0 Å². The third-order valence-corrected chi connectivity index (χ3v) is 5.34. The molecular weight excluding hydrogens is 244 g/mol. The molecule has 2 atom stereocenters. The Labute approximate surface area is 103 Å². The van der Waals surface area contributed by atoms with Crippen LogP contribution in [0, 0.1) is 5.92 Å². The highest BCUT2D eigenvalue weighted by Gasteiger charge is 2.21. The number of hydrogen-bond acceptors (Lipinski definition) is 4. The second-order valence-corrected chi connectivity index (χ2v) is 7.52. The molecule has 0 amide bonds. The second kappa shape index (κ2) is 6.83. The van der Waals surface area contributed by atoms with Gasteiger partial charge in [0.05, 0.1) is 5.75 Å². The zero-order valence-corrected chi connectivity index (χ0v) is 11.7. The van der Waals surface area contributed by atoms with Crippen molar-refractivity contribution < 1.29 is 8.42 Å². The summed E-state index contributed by atoms with van der Waals surface area (Å²) in [4.78, 5) is 0. The Bertz CT molecular complexity index is 287. The molecule has 1 fully saturated rings. The molecule has 1 saturated heterocycles. The number of piperidine rings is 1. The topological polar surface area (TPSA) is 58.2 Å². The van der Waals surface area contributed by atoms with Crippen LogP contribution in [0.15, 0.2) is 0 Å². The van der Waals surface area contributed by atoms with E-state index in [-0.39, 0.29) is 11.7 Å². The van der Waals surface area contributed by atoms with E-state index in [0.29, 0.717) is 11.8 Å². The minimum absolute atomic E-state index is 0.265. The Morgan fingerprint density at radius 3 is 2.88 bits per heavy atom. The van der Waals surface area contributed by atoms with Gasteiger partial charge in [0.15, 0.2) is 0 Å². The number of thioether (sulfide) groups is 1. The van der Waals surface area contributed by atoms with Gasteiger partial charge in [-0.2, -0.15) is 11.8 Å². The first-order valence-electron chi connectivity index (χ1n) is 5.74. The quantitative estimate of drug-likeness (QED) is 0.741. The van der Waals surface area contributed by atoms with Crippen LogP contribution in [0.5, 0.6) is 0 Å². The summed E-state index contributed by atoms with van der Waals surface area (Å²) >= 11 is 1.67. The minimum atomic E-state index is -3.09. The third-order valence-electron chi connectivity index (χ3n) is 2.85. The smallest absolute Gasteiger partial charge is 0.211 e. The molecule has 96 valence electrons. The second-order valence-electron chi connectivity index (χ2n) is 4.39. The fourth-order valence-electron chi connectivity index (χ4n) is 1.76. The maximum absolute atomic E-state index is 11.8. The molecular formula is C10H22N2O2S2. The molecule has 0 spiro atoms. The summed E-state index contributed by atoms with van der Waals surface area (Å²) in [5, 5.41) is 3.57. The van der Waals surface area contributed by atoms with Gasteiger partial charge in [0.2, 0.25) is 10.0 Å². The molecule has 1 aliphatic heterocycles. The van der Waals surface area contributed by atoms with Crippen LogP contribution in [-0.2, 0) is 10.0 Å². The SMILES string of the molecule is CSC(C)CNS(=O)(=O)CC1CCCNC1. The Hall–Kier alpha value is 0.220. The van der Waals surface area contributed by atoms with Crippen LogP contribution in [0.3, 0.4) is 0 Å². The van der Waals surface area contributed by atoms with E-state index in [1.807, 2.05) is 13.2 Å². The Morgan fingerprint density at radius 1 is 1.56 bits per heavy atom. The van der Waals surface area contributed by atoms with Gasteiger partial charge in [0, 0.05) is 11.8 Å². The predicted octanol–water partition coefficient (Wildman–Crippen LogP) is 0.657. The summed E-state index contributed by atoms with van der Waals surface area (Å²) in [7, 11) is -3.09. The van der Waals surface area contributed by atoms with Gasteiger partial charge in [-0.15, -0.1) is 0 Å². The van der Waals surface area contributed by atoms with Gasteiger partial charge in [-0.05, 0) is 38.1 Å². The average Bonchev–Trinajstić information content (AvgIpc) is 2.27. The molecule has 16 heavy (non-hydrogen) atoms. The summed E-state index contributed by atoms with van der Waals surface area (Å²) in [5.74, 6) is 0.539. The van der Waals surface area contributed by atoms with E-state index >= 15 is 0 Å². The predicted molar refractivity (Wildman–Crippen MR) is 70.4 cm³/mol. The Balaban J connectivity index is 2.32. The Kier molecular flexibility index (Phi) is 6.10. The van der Waals surface area contributed by atoms with Gasteiger partial charge in [0.1, 0.15) is 0 Å². The zero-order chi connectivity index (χ0) is 12.0. The lowest BCUT2D eigenvalue weighted by atomic mass is 10.0. The van der Waals surface area contributed by atoms with Gasteiger partial charge in [-0.3, -0.25) is 0 Å². The monoisotopic (exact) mass is 266 g/mol. The normalized spacial score (nSPS) is 24.2. The minimum Gasteiger partial charge on any atom is -0.316 e. The molecule has 2 unspecified atom stereocenters. The number of nitrogens with one attached hydrogen (secondary N) is 2. The van der Waals surface area contributed by atoms with E-state index in [1.54, 1.807) is 11.8 Å². The van der Waals surface area contributed by atoms with Gasteiger partial charge >= 0.3 is 0 Å². The first kappa shape index (κ1) is 14.3. The first-order valence-corrected chi connectivity index (χ1v) is 8.68. The highest BCUT2D eigenvalue weighted by Crippen LogP contribution is 2.12. The van der Waals surface area contributed by atoms with Crippen LogP contribution in [0.25, 0.3) is 0 Å². The number of hydrogen-bond donors (Lipinski definition) is 2. The van der Waals surface area contributed by atoms with Gasteiger partial charge in [-0.25, -0.2) is 13.1 Å². The van der Waals surface area contributed by atoms with E-state index in [2.05, 4.69) is 10.0 Å². The van der Waals surface area contributed by atoms with Crippen LogP contribution < -0.4 is 10.0 Å². The van der Waals surface area contributed by atoms with Crippen molar-refractivity contribution in [1.29, 1.82) is 0 Å². The van der Waals surface area contributed by atoms with Gasteiger partial charge in [-0.1, -0.05) is 6.92 Å². The van der Waals surface area contributed by atoms with Crippen molar-refractivity contribution in [2.45, 2.75) is 25.0 Å². The molecule has 1 rings (SSSR count). The lowest BCUT2D eigenvalue weighted by molar-refractivity contribution is 0.403. The van der Waals surface area contributed by atoms with E-state index in [1.165, 1.54) is 0 Å². The van der Waals surface area contributed by atoms with Crippen LogP contribution >= 0.6 is 11.8 Å². The fraction of sp³-hybridized carbons (Fsp3) is 1.00. The summed E-state index contributed by atoms with van der Waals surface area (Å²) in [6, 6.07) is 0. The summed E-state index contributed by atoms with van der Waals surface area (Å²) in [5.41, 5.74) is 0. The van der Waals surface area contributed by atoms with Crippen molar-refractivity contribution in [3.05, 3.63) is 0 Å². The lowest BCUT2D eigenvalue weighted by Crippen LogP contribution is -2.39. The molecule has 0 aromatic rings. The van der Waals surface area contributed by atoms with Crippen LogP contribution in [0.1, 0.15) is 19.8 Å². The number of sulfonamides is 1. The molecule has 0 saturated carbocycles. The van der Waals surface area contributed by atoms with Crippen molar-refractivity contribution in [3.63, 3.8) is 0 Å².